The summed E-state index contributed by atoms with van der Waals surface area (Å²) in [7, 11) is -2.03. The van der Waals surface area contributed by atoms with Gasteiger partial charge in [-0.25, -0.2) is 9.69 Å². The number of carbonyl (C=O) groups is 2. The van der Waals surface area contributed by atoms with E-state index < -0.39 is 20.0 Å². The predicted molar refractivity (Wildman–Crippen MR) is 103 cm³/mol. The molecule has 0 unspecified atom stereocenters. The van der Waals surface area contributed by atoms with Crippen molar-refractivity contribution < 1.29 is 18.8 Å². The van der Waals surface area contributed by atoms with Crippen LogP contribution in [0.2, 0.25) is 18.1 Å². The minimum absolute atomic E-state index is 0.0533. The third-order valence-electron chi connectivity index (χ3n) is 4.96. The summed E-state index contributed by atoms with van der Waals surface area (Å²) in [6.07, 6.45) is 0.181. The molecule has 1 rings (SSSR count). The average Bonchev–Trinajstić information content (AvgIpc) is 2.60. The fourth-order valence-corrected chi connectivity index (χ4v) is 4.07. The van der Waals surface area contributed by atoms with Crippen molar-refractivity contribution >= 4 is 20.3 Å². The number of rotatable bonds is 4. The average molecular weight is 372 g/mol. The Morgan fingerprint density at radius 2 is 1.72 bits per heavy atom. The van der Waals surface area contributed by atoms with Crippen molar-refractivity contribution in [3.8, 4) is 0 Å². The predicted octanol–water partition coefficient (Wildman–Crippen LogP) is 4.96. The first-order valence-electron chi connectivity index (χ1n) is 9.28. The molecule has 1 saturated heterocycles. The summed E-state index contributed by atoms with van der Waals surface area (Å²) >= 11 is 0. The Kier molecular flexibility index (Phi) is 6.55. The zero-order chi connectivity index (χ0) is 19.8. The molecule has 2 amide bonds. The number of imide groups is 1. The second-order valence-corrected chi connectivity index (χ2v) is 14.8. The van der Waals surface area contributed by atoms with Gasteiger partial charge < -0.3 is 9.16 Å². The molecule has 0 spiro atoms. The number of carbonyl (C=O) groups excluding carboxylic acids is 2. The highest BCUT2D eigenvalue weighted by Crippen LogP contribution is 2.40. The van der Waals surface area contributed by atoms with E-state index in [1.165, 1.54) is 4.90 Å². The lowest BCUT2D eigenvalue weighted by Gasteiger charge is -2.40. The van der Waals surface area contributed by atoms with Gasteiger partial charge in [0.15, 0.2) is 8.32 Å². The number of amides is 2. The molecule has 1 aliphatic rings. The van der Waals surface area contributed by atoms with Crippen molar-refractivity contribution in [2.75, 3.05) is 0 Å². The maximum atomic E-state index is 12.6. The molecule has 0 aromatic carbocycles. The molecule has 0 N–H and O–H groups in total. The van der Waals surface area contributed by atoms with Gasteiger partial charge >= 0.3 is 6.09 Å². The number of hydrogen-bond acceptors (Lipinski definition) is 4. The van der Waals surface area contributed by atoms with Crippen LogP contribution in [-0.4, -0.2) is 43.0 Å². The topological polar surface area (TPSA) is 55.8 Å². The second-order valence-electron chi connectivity index (χ2n) is 10.1. The van der Waals surface area contributed by atoms with Crippen molar-refractivity contribution in [1.82, 2.24) is 4.90 Å². The first-order chi connectivity index (χ1) is 11.0. The van der Waals surface area contributed by atoms with E-state index in [1.54, 1.807) is 0 Å². The van der Waals surface area contributed by atoms with Crippen molar-refractivity contribution in [2.45, 2.75) is 104 Å². The Hall–Kier alpha value is -0.883. The third kappa shape index (κ3) is 5.81. The molecule has 1 fully saturated rings. The van der Waals surface area contributed by atoms with Crippen molar-refractivity contribution in [1.29, 1.82) is 0 Å². The summed E-state index contributed by atoms with van der Waals surface area (Å²) in [5.74, 6) is 0.162. The fourth-order valence-electron chi connectivity index (χ4n) is 2.72. The van der Waals surface area contributed by atoms with Gasteiger partial charge in [-0.1, -0.05) is 34.6 Å². The van der Waals surface area contributed by atoms with Gasteiger partial charge in [-0.15, -0.1) is 0 Å². The van der Waals surface area contributed by atoms with Crippen LogP contribution >= 0.6 is 0 Å². The van der Waals surface area contributed by atoms with Crippen LogP contribution in [0, 0.1) is 5.92 Å². The smallest absolute Gasteiger partial charge is 0.417 e. The maximum Gasteiger partial charge on any atom is 0.417 e. The van der Waals surface area contributed by atoms with Gasteiger partial charge in [0.05, 0.1) is 18.6 Å². The van der Waals surface area contributed by atoms with E-state index in [0.29, 0.717) is 5.92 Å². The van der Waals surface area contributed by atoms with Crippen molar-refractivity contribution in [3.05, 3.63) is 0 Å². The zero-order valence-corrected chi connectivity index (χ0v) is 18.7. The van der Waals surface area contributed by atoms with E-state index in [0.717, 1.165) is 6.42 Å². The third-order valence-corrected chi connectivity index (χ3v) is 9.46. The Bertz CT molecular complexity index is 503. The number of nitrogens with zero attached hydrogens (tertiary/aromatic N) is 1. The first-order valence-corrected chi connectivity index (χ1v) is 12.2. The van der Waals surface area contributed by atoms with Gasteiger partial charge in [0.25, 0.3) is 0 Å². The molecule has 0 aliphatic carbocycles. The normalized spacial score (nSPS) is 22.7. The maximum absolute atomic E-state index is 12.6. The highest BCUT2D eigenvalue weighted by molar-refractivity contribution is 6.74. The molecular weight excluding hydrogens is 334 g/mol. The van der Waals surface area contributed by atoms with Crippen LogP contribution in [0.3, 0.4) is 0 Å². The second kappa shape index (κ2) is 7.39. The highest BCUT2D eigenvalue weighted by Gasteiger charge is 2.49. The van der Waals surface area contributed by atoms with Crippen LogP contribution in [0.25, 0.3) is 0 Å². The minimum atomic E-state index is -2.03. The molecule has 1 heterocycles. The summed E-state index contributed by atoms with van der Waals surface area (Å²) < 4.78 is 12.0. The summed E-state index contributed by atoms with van der Waals surface area (Å²) in [6.45, 7) is 20.5. The van der Waals surface area contributed by atoms with Crippen molar-refractivity contribution in [3.63, 3.8) is 0 Å². The Balaban J connectivity index is 3.08. The molecule has 0 radical (unpaired) electrons. The monoisotopic (exact) mass is 371 g/mol. The summed E-state index contributed by atoms with van der Waals surface area (Å²) in [4.78, 5) is 26.5. The van der Waals surface area contributed by atoms with Gasteiger partial charge in [0.1, 0.15) is 5.60 Å². The van der Waals surface area contributed by atoms with Crippen LogP contribution in [0.5, 0.6) is 0 Å². The van der Waals surface area contributed by atoms with Gasteiger partial charge in [-0.2, -0.15) is 0 Å². The van der Waals surface area contributed by atoms with Crippen LogP contribution in [0.1, 0.15) is 68.2 Å². The zero-order valence-electron chi connectivity index (χ0n) is 17.7. The fraction of sp³-hybridized carbons (Fsp3) is 0.895. The number of hydrogen-bond donors (Lipinski definition) is 0. The molecule has 2 atom stereocenters. The summed E-state index contributed by atoms with van der Waals surface area (Å²) in [5, 5.41) is 0.0533. The standard InChI is InChI=1S/C19H37NO4Si/c1-13(2)11-14-15(24-25(9,10)19(6,7)8)12-16(21)20(14)17(22)23-18(3,4)5/h13-15H,11-12H2,1-10H3/t14-,15+/m0/s1. The molecule has 0 bridgehead atoms. The molecule has 146 valence electrons. The molecule has 0 aromatic heterocycles. The summed E-state index contributed by atoms with van der Waals surface area (Å²) in [6, 6.07) is -0.253. The minimum Gasteiger partial charge on any atom is -0.443 e. The number of ether oxygens (including phenoxy) is 1. The molecule has 5 nitrogen and oxygen atoms in total. The van der Waals surface area contributed by atoms with E-state index in [1.807, 2.05) is 20.8 Å². The molecule has 6 heteroatoms. The van der Waals surface area contributed by atoms with E-state index in [-0.39, 0.29) is 29.5 Å². The van der Waals surface area contributed by atoms with Gasteiger partial charge in [0.2, 0.25) is 5.91 Å². The quantitative estimate of drug-likeness (QED) is 0.655. The van der Waals surface area contributed by atoms with Gasteiger partial charge in [-0.3, -0.25) is 4.79 Å². The SMILES string of the molecule is CC(C)C[C@H]1[C@H](O[Si](C)(C)C(C)(C)C)CC(=O)N1C(=O)OC(C)(C)C. The lowest BCUT2D eigenvalue weighted by molar-refractivity contribution is -0.128. The van der Waals surface area contributed by atoms with Crippen LogP contribution in [0.4, 0.5) is 4.79 Å². The van der Waals surface area contributed by atoms with E-state index in [4.69, 9.17) is 9.16 Å². The van der Waals surface area contributed by atoms with Crippen LogP contribution in [-0.2, 0) is 14.0 Å². The summed E-state index contributed by atoms with van der Waals surface area (Å²) in [5.41, 5.74) is -0.627. The van der Waals surface area contributed by atoms with Crippen molar-refractivity contribution in [2.24, 2.45) is 5.92 Å². The largest absolute Gasteiger partial charge is 0.443 e. The lowest BCUT2D eigenvalue weighted by Crippen LogP contribution is -2.49. The molecule has 0 saturated carbocycles. The Morgan fingerprint density at radius 3 is 2.12 bits per heavy atom. The van der Waals surface area contributed by atoms with Gasteiger partial charge in [0, 0.05) is 0 Å². The molecule has 25 heavy (non-hydrogen) atoms. The molecular formula is C19H37NO4Si. The highest BCUT2D eigenvalue weighted by atomic mass is 28.4. The first kappa shape index (κ1) is 22.2. The molecule has 1 aliphatic heterocycles. The van der Waals surface area contributed by atoms with Gasteiger partial charge in [-0.05, 0) is 51.2 Å². The Morgan fingerprint density at radius 1 is 1.20 bits per heavy atom. The van der Waals surface area contributed by atoms with E-state index in [9.17, 15) is 9.59 Å². The Labute approximate surface area is 154 Å². The van der Waals surface area contributed by atoms with E-state index in [2.05, 4.69) is 47.7 Å². The van der Waals surface area contributed by atoms with Crippen LogP contribution in [0.15, 0.2) is 0 Å². The van der Waals surface area contributed by atoms with E-state index >= 15 is 0 Å². The molecule has 0 aromatic rings. The van der Waals surface area contributed by atoms with Crippen LogP contribution < -0.4 is 0 Å². The lowest BCUT2D eigenvalue weighted by atomic mass is 10.00. The number of likely N-dealkylation sites (tertiary alicyclic amines) is 1.